The van der Waals surface area contributed by atoms with E-state index in [1.165, 1.54) is 12.1 Å². The molecule has 0 spiro atoms. The van der Waals surface area contributed by atoms with E-state index in [-0.39, 0.29) is 40.7 Å². The van der Waals surface area contributed by atoms with Crippen molar-refractivity contribution in [1.82, 2.24) is 15.5 Å². The van der Waals surface area contributed by atoms with Gasteiger partial charge in [-0.2, -0.15) is 0 Å². The molecule has 3 rings (SSSR count). The van der Waals surface area contributed by atoms with E-state index in [0.717, 1.165) is 5.56 Å². The molecule has 1 aliphatic heterocycles. The van der Waals surface area contributed by atoms with Gasteiger partial charge in [-0.3, -0.25) is 14.4 Å². The third-order valence-electron chi connectivity index (χ3n) is 6.48. The van der Waals surface area contributed by atoms with Gasteiger partial charge in [0, 0.05) is 24.7 Å². The number of nitrogens with one attached hydrogen (secondary N) is 2. The normalized spacial score (nSPS) is 15.6. The van der Waals surface area contributed by atoms with Crippen molar-refractivity contribution >= 4 is 17.7 Å². The Balaban J connectivity index is 1.56. The Morgan fingerprint density at radius 1 is 0.971 bits per heavy atom. The third-order valence-corrected chi connectivity index (χ3v) is 6.48. The first-order valence-corrected chi connectivity index (χ1v) is 12.2. The van der Waals surface area contributed by atoms with E-state index in [9.17, 15) is 18.8 Å². The molecule has 2 aromatic rings. The van der Waals surface area contributed by atoms with E-state index in [4.69, 9.17) is 0 Å². The van der Waals surface area contributed by atoms with Gasteiger partial charge in [-0.1, -0.05) is 58.9 Å². The fraction of sp³-hybridized carbons (Fsp3) is 0.464. The number of likely N-dealkylation sites (tertiary alicyclic amines) is 1. The molecule has 0 bridgehead atoms. The molecule has 0 aliphatic carbocycles. The summed E-state index contributed by atoms with van der Waals surface area (Å²) in [6.07, 6.45) is 1.14. The highest BCUT2D eigenvalue weighted by Gasteiger charge is 2.30. The minimum Gasteiger partial charge on any atom is -0.351 e. The average molecular weight is 482 g/mol. The molecular formula is C28H36FN3O3. The maximum atomic E-state index is 14.0. The Kier molecular flexibility index (Phi) is 8.30. The lowest BCUT2D eigenvalue weighted by Gasteiger charge is -2.33. The van der Waals surface area contributed by atoms with Gasteiger partial charge in [0.1, 0.15) is 11.9 Å². The van der Waals surface area contributed by atoms with Crippen LogP contribution in [0.5, 0.6) is 0 Å². The number of carbonyl (C=O) groups is 3. The molecule has 2 N–H and O–H groups in total. The Labute approximate surface area is 207 Å². The number of hydrogen-bond donors (Lipinski definition) is 2. The molecule has 0 aromatic heterocycles. The second-order valence-corrected chi connectivity index (χ2v) is 10.6. The molecule has 2 aromatic carbocycles. The summed E-state index contributed by atoms with van der Waals surface area (Å²) < 4.78 is 14.0. The van der Waals surface area contributed by atoms with Gasteiger partial charge >= 0.3 is 0 Å². The van der Waals surface area contributed by atoms with Crippen molar-refractivity contribution in [2.24, 2.45) is 5.92 Å². The van der Waals surface area contributed by atoms with Crippen LogP contribution in [0.25, 0.3) is 0 Å². The van der Waals surface area contributed by atoms with Crippen molar-refractivity contribution in [3.05, 3.63) is 71.0 Å². The van der Waals surface area contributed by atoms with Crippen LogP contribution in [0.4, 0.5) is 4.39 Å². The number of rotatable bonds is 6. The molecule has 7 heteroatoms. The highest BCUT2D eigenvalue weighted by Crippen LogP contribution is 2.22. The molecule has 0 radical (unpaired) electrons. The number of nitrogens with zero attached hydrogens (tertiary/aromatic N) is 1. The first-order chi connectivity index (χ1) is 16.5. The summed E-state index contributed by atoms with van der Waals surface area (Å²) in [7, 11) is 0. The molecule has 0 saturated carbocycles. The van der Waals surface area contributed by atoms with Crippen LogP contribution >= 0.6 is 0 Å². The van der Waals surface area contributed by atoms with Crippen molar-refractivity contribution < 1.29 is 18.8 Å². The SMILES string of the molecule is CC(C)C(NC(=O)c1ccc(C(C)(C)C)cc1)C(=O)NC1CCN(C(=O)c2ccccc2F)CC1. The molecule has 1 fully saturated rings. The smallest absolute Gasteiger partial charge is 0.256 e. The fourth-order valence-corrected chi connectivity index (χ4v) is 4.20. The Hall–Kier alpha value is -3.22. The van der Waals surface area contributed by atoms with Gasteiger partial charge in [-0.05, 0) is 54.0 Å². The summed E-state index contributed by atoms with van der Waals surface area (Å²) in [5.74, 6) is -1.49. The maximum absolute atomic E-state index is 14.0. The number of benzene rings is 2. The van der Waals surface area contributed by atoms with Gasteiger partial charge in [0.25, 0.3) is 11.8 Å². The fourth-order valence-electron chi connectivity index (χ4n) is 4.20. The molecule has 1 atom stereocenters. The second kappa shape index (κ2) is 11.0. The molecule has 6 nitrogen and oxygen atoms in total. The summed E-state index contributed by atoms with van der Waals surface area (Å²) >= 11 is 0. The predicted molar refractivity (Wildman–Crippen MR) is 135 cm³/mol. The summed E-state index contributed by atoms with van der Waals surface area (Å²) in [5, 5.41) is 5.91. The number of hydrogen-bond acceptors (Lipinski definition) is 3. The van der Waals surface area contributed by atoms with Crippen LogP contribution in [0.3, 0.4) is 0 Å². The van der Waals surface area contributed by atoms with Crippen LogP contribution in [-0.2, 0) is 10.2 Å². The highest BCUT2D eigenvalue weighted by atomic mass is 19.1. The Morgan fingerprint density at radius 3 is 2.11 bits per heavy atom. The lowest BCUT2D eigenvalue weighted by molar-refractivity contribution is -0.124. The highest BCUT2D eigenvalue weighted by molar-refractivity contribution is 5.97. The van der Waals surface area contributed by atoms with E-state index in [2.05, 4.69) is 31.4 Å². The summed E-state index contributed by atoms with van der Waals surface area (Å²) in [6, 6.07) is 12.6. The Bertz CT molecular complexity index is 1050. The molecule has 3 amide bonds. The zero-order valence-electron chi connectivity index (χ0n) is 21.2. The van der Waals surface area contributed by atoms with E-state index >= 15 is 0 Å². The quantitative estimate of drug-likeness (QED) is 0.646. The molecule has 1 aliphatic rings. The van der Waals surface area contributed by atoms with Gasteiger partial charge in [-0.15, -0.1) is 0 Å². The Morgan fingerprint density at radius 2 is 1.57 bits per heavy atom. The number of halogens is 1. The van der Waals surface area contributed by atoms with Crippen molar-refractivity contribution in [3.63, 3.8) is 0 Å². The van der Waals surface area contributed by atoms with Crippen LogP contribution in [-0.4, -0.2) is 47.8 Å². The van der Waals surface area contributed by atoms with Gasteiger partial charge < -0.3 is 15.5 Å². The lowest BCUT2D eigenvalue weighted by atomic mass is 9.86. The topological polar surface area (TPSA) is 78.5 Å². The lowest BCUT2D eigenvalue weighted by Crippen LogP contribution is -2.54. The van der Waals surface area contributed by atoms with Gasteiger partial charge in [0.05, 0.1) is 5.56 Å². The van der Waals surface area contributed by atoms with E-state index in [1.807, 2.05) is 26.0 Å². The van der Waals surface area contributed by atoms with Crippen LogP contribution in [0, 0.1) is 11.7 Å². The van der Waals surface area contributed by atoms with Crippen molar-refractivity contribution in [2.45, 2.75) is 65.0 Å². The molecule has 35 heavy (non-hydrogen) atoms. The minimum absolute atomic E-state index is 0.00912. The zero-order chi connectivity index (χ0) is 25.8. The third kappa shape index (κ3) is 6.68. The monoisotopic (exact) mass is 481 g/mol. The van der Waals surface area contributed by atoms with Crippen molar-refractivity contribution in [2.75, 3.05) is 13.1 Å². The molecule has 188 valence electrons. The van der Waals surface area contributed by atoms with E-state index in [1.54, 1.807) is 29.2 Å². The second-order valence-electron chi connectivity index (χ2n) is 10.6. The summed E-state index contributed by atoms with van der Waals surface area (Å²) in [4.78, 5) is 40.1. The van der Waals surface area contributed by atoms with Crippen LogP contribution in [0.2, 0.25) is 0 Å². The van der Waals surface area contributed by atoms with Crippen molar-refractivity contribution in [3.8, 4) is 0 Å². The van der Waals surface area contributed by atoms with Crippen LogP contribution in [0.15, 0.2) is 48.5 Å². The predicted octanol–water partition coefficient (Wildman–Crippen LogP) is 4.30. The molecule has 1 unspecified atom stereocenters. The first-order valence-electron chi connectivity index (χ1n) is 12.2. The number of carbonyl (C=O) groups excluding carboxylic acids is 3. The van der Waals surface area contributed by atoms with Gasteiger partial charge in [0.15, 0.2) is 0 Å². The average Bonchev–Trinajstić information content (AvgIpc) is 2.82. The molecular weight excluding hydrogens is 445 g/mol. The largest absolute Gasteiger partial charge is 0.351 e. The number of amides is 3. The molecule has 1 saturated heterocycles. The summed E-state index contributed by atoms with van der Waals surface area (Å²) in [6.45, 7) is 11.0. The van der Waals surface area contributed by atoms with Gasteiger partial charge in [-0.25, -0.2) is 4.39 Å². The summed E-state index contributed by atoms with van der Waals surface area (Å²) in [5.41, 5.74) is 1.70. The maximum Gasteiger partial charge on any atom is 0.256 e. The van der Waals surface area contributed by atoms with Gasteiger partial charge in [0.2, 0.25) is 5.91 Å². The van der Waals surface area contributed by atoms with E-state index < -0.39 is 11.9 Å². The first kappa shape index (κ1) is 26.4. The van der Waals surface area contributed by atoms with Crippen LogP contribution < -0.4 is 10.6 Å². The minimum atomic E-state index is -0.678. The van der Waals surface area contributed by atoms with Crippen molar-refractivity contribution in [1.29, 1.82) is 0 Å². The van der Waals surface area contributed by atoms with E-state index in [0.29, 0.717) is 31.5 Å². The standard InChI is InChI=1S/C28H36FN3O3/c1-18(2)24(31-25(33)19-10-12-20(13-11-19)28(3,4)5)26(34)30-21-14-16-32(17-15-21)27(35)22-8-6-7-9-23(22)29/h6-13,18,21,24H,14-17H2,1-5H3,(H,30,34)(H,31,33). The zero-order valence-corrected chi connectivity index (χ0v) is 21.2. The van der Waals surface area contributed by atoms with Crippen LogP contribution in [0.1, 0.15) is 73.7 Å². The number of piperidine rings is 1. The molecule has 1 heterocycles.